The fourth-order valence-corrected chi connectivity index (χ4v) is 3.00. The third-order valence-corrected chi connectivity index (χ3v) is 4.69. The molecule has 3 aromatic rings. The van der Waals surface area contributed by atoms with E-state index in [9.17, 15) is 13.2 Å². The van der Waals surface area contributed by atoms with Crippen LogP contribution in [0.4, 0.5) is 19.0 Å². The highest BCUT2D eigenvalue weighted by Crippen LogP contribution is 2.25. The third kappa shape index (κ3) is 7.46. The molecule has 4 rings (SSSR count). The Kier molecular flexibility index (Phi) is 8.82. The monoisotopic (exact) mass is 476 g/mol. The normalized spacial score (nSPS) is 14.1. The summed E-state index contributed by atoms with van der Waals surface area (Å²) >= 11 is 0. The van der Waals surface area contributed by atoms with Gasteiger partial charge in [0.1, 0.15) is 11.4 Å². The average molecular weight is 476 g/mol. The van der Waals surface area contributed by atoms with Gasteiger partial charge in [0.05, 0.1) is 13.2 Å². The molecule has 1 aromatic carbocycles. The van der Waals surface area contributed by atoms with Crippen molar-refractivity contribution in [1.82, 2.24) is 25.1 Å². The van der Waals surface area contributed by atoms with Gasteiger partial charge < -0.3 is 15.2 Å². The number of anilines is 1. The Balaban J connectivity index is 0.000000406. The molecule has 1 aliphatic heterocycles. The predicted octanol–water partition coefficient (Wildman–Crippen LogP) is 2.98. The highest BCUT2D eigenvalue weighted by Gasteiger charge is 2.38. The molecule has 34 heavy (non-hydrogen) atoms. The summed E-state index contributed by atoms with van der Waals surface area (Å²) in [5.74, 6) is -1.51. The van der Waals surface area contributed by atoms with E-state index in [0.717, 1.165) is 56.5 Å². The molecule has 1 fully saturated rings. The number of ether oxygens (including phenoxy) is 1. The van der Waals surface area contributed by atoms with Crippen LogP contribution in [0, 0.1) is 0 Å². The van der Waals surface area contributed by atoms with Crippen molar-refractivity contribution in [3.8, 4) is 22.8 Å². The van der Waals surface area contributed by atoms with Gasteiger partial charge in [0.2, 0.25) is 5.82 Å². The van der Waals surface area contributed by atoms with Gasteiger partial charge in [-0.05, 0) is 12.1 Å². The number of benzene rings is 1. The zero-order chi connectivity index (χ0) is 24.4. The summed E-state index contributed by atoms with van der Waals surface area (Å²) in [5.41, 5.74) is 2.44. The first kappa shape index (κ1) is 25.0. The smallest absolute Gasteiger partial charge is 0.475 e. The Labute approximate surface area is 193 Å². The molecule has 2 N–H and O–H groups in total. The number of hydrogen-bond acceptors (Lipinski definition) is 8. The first-order chi connectivity index (χ1) is 16.3. The van der Waals surface area contributed by atoms with E-state index in [0.29, 0.717) is 11.5 Å². The van der Waals surface area contributed by atoms with Crippen molar-refractivity contribution < 1.29 is 27.8 Å². The van der Waals surface area contributed by atoms with E-state index in [1.807, 2.05) is 48.5 Å². The molecular weight excluding hydrogens is 453 g/mol. The van der Waals surface area contributed by atoms with Crippen LogP contribution in [0.25, 0.3) is 22.8 Å². The summed E-state index contributed by atoms with van der Waals surface area (Å²) in [6, 6.07) is 15.7. The molecular formula is C22H23F3N6O3. The number of pyridine rings is 1. The number of carbonyl (C=O) groups is 1. The molecule has 0 spiro atoms. The van der Waals surface area contributed by atoms with Crippen molar-refractivity contribution in [1.29, 1.82) is 0 Å². The second kappa shape index (κ2) is 12.0. The minimum Gasteiger partial charge on any atom is -0.475 e. The van der Waals surface area contributed by atoms with E-state index in [2.05, 4.69) is 25.4 Å². The highest BCUT2D eigenvalue weighted by atomic mass is 19.4. The molecule has 12 heteroatoms. The number of carboxylic acid groups (broad SMARTS) is 1. The van der Waals surface area contributed by atoms with Crippen LogP contribution >= 0.6 is 0 Å². The summed E-state index contributed by atoms with van der Waals surface area (Å²) in [5, 5.41) is 19.3. The zero-order valence-electron chi connectivity index (χ0n) is 18.1. The van der Waals surface area contributed by atoms with Gasteiger partial charge in [-0.3, -0.25) is 9.88 Å². The Bertz CT molecular complexity index is 1050. The number of alkyl halides is 3. The van der Waals surface area contributed by atoms with E-state index in [1.165, 1.54) is 0 Å². The maximum absolute atomic E-state index is 10.6. The third-order valence-electron chi connectivity index (χ3n) is 4.69. The molecule has 2 aromatic heterocycles. The molecule has 180 valence electrons. The lowest BCUT2D eigenvalue weighted by Gasteiger charge is -2.26. The lowest BCUT2D eigenvalue weighted by Crippen LogP contribution is -2.39. The second-order valence-corrected chi connectivity index (χ2v) is 7.10. The van der Waals surface area contributed by atoms with E-state index in [-0.39, 0.29) is 0 Å². The van der Waals surface area contributed by atoms with Gasteiger partial charge in [0.25, 0.3) is 0 Å². The Morgan fingerprint density at radius 1 is 1.06 bits per heavy atom. The van der Waals surface area contributed by atoms with Gasteiger partial charge in [-0.1, -0.05) is 36.4 Å². The summed E-state index contributed by atoms with van der Waals surface area (Å²) in [7, 11) is 0. The number of aliphatic carboxylic acids is 1. The maximum atomic E-state index is 10.6. The fourth-order valence-electron chi connectivity index (χ4n) is 3.00. The van der Waals surface area contributed by atoms with E-state index in [1.54, 1.807) is 6.20 Å². The Hall–Kier alpha value is -3.64. The highest BCUT2D eigenvalue weighted by molar-refractivity contribution is 5.73. The minimum absolute atomic E-state index is 0.518. The average Bonchev–Trinajstić information content (AvgIpc) is 2.85. The number of halogens is 3. The summed E-state index contributed by atoms with van der Waals surface area (Å²) in [6.45, 7) is 5.24. The summed E-state index contributed by atoms with van der Waals surface area (Å²) < 4.78 is 37.1. The van der Waals surface area contributed by atoms with Crippen LogP contribution in [0.15, 0.2) is 54.7 Å². The molecule has 9 nitrogen and oxygen atoms in total. The van der Waals surface area contributed by atoms with Crippen LogP contribution in [-0.4, -0.2) is 81.7 Å². The van der Waals surface area contributed by atoms with Crippen molar-refractivity contribution in [3.05, 3.63) is 54.7 Å². The van der Waals surface area contributed by atoms with Crippen LogP contribution in [0.1, 0.15) is 0 Å². The van der Waals surface area contributed by atoms with Crippen LogP contribution in [0.3, 0.4) is 0 Å². The largest absolute Gasteiger partial charge is 0.490 e. The van der Waals surface area contributed by atoms with E-state index in [4.69, 9.17) is 19.6 Å². The molecule has 0 bridgehead atoms. The van der Waals surface area contributed by atoms with Crippen molar-refractivity contribution in [2.45, 2.75) is 6.18 Å². The number of hydrogen-bond donors (Lipinski definition) is 2. The number of carboxylic acids is 1. The van der Waals surface area contributed by atoms with Gasteiger partial charge in [0, 0.05) is 37.9 Å². The van der Waals surface area contributed by atoms with Crippen molar-refractivity contribution in [2.24, 2.45) is 0 Å². The Morgan fingerprint density at radius 3 is 2.35 bits per heavy atom. The molecule has 0 saturated carbocycles. The number of nitrogens with one attached hydrogen (secondary N) is 1. The van der Waals surface area contributed by atoms with Crippen molar-refractivity contribution in [3.63, 3.8) is 0 Å². The van der Waals surface area contributed by atoms with Gasteiger partial charge in [0.15, 0.2) is 5.82 Å². The molecule has 0 aliphatic carbocycles. The fraction of sp³-hybridized carbons (Fsp3) is 0.318. The lowest BCUT2D eigenvalue weighted by atomic mass is 10.1. The maximum Gasteiger partial charge on any atom is 0.490 e. The summed E-state index contributed by atoms with van der Waals surface area (Å²) in [6.07, 6.45) is -3.35. The minimum atomic E-state index is -5.08. The van der Waals surface area contributed by atoms with Gasteiger partial charge in [-0.25, -0.2) is 9.78 Å². The number of aromatic nitrogens is 4. The first-order valence-electron chi connectivity index (χ1n) is 10.4. The van der Waals surface area contributed by atoms with E-state index < -0.39 is 12.1 Å². The van der Waals surface area contributed by atoms with Crippen molar-refractivity contribution in [2.75, 3.05) is 44.7 Å². The topological polar surface area (TPSA) is 113 Å². The zero-order valence-corrected chi connectivity index (χ0v) is 18.1. The van der Waals surface area contributed by atoms with Crippen LogP contribution < -0.4 is 5.32 Å². The summed E-state index contributed by atoms with van der Waals surface area (Å²) in [4.78, 5) is 20.3. The number of nitrogens with zero attached hydrogens (tertiary/aromatic N) is 5. The molecule has 0 unspecified atom stereocenters. The molecule has 0 atom stereocenters. The SMILES string of the molecule is O=C(O)C(F)(F)F.c1ccc(-c2nnc(-c3ccccn3)nc2NCCN2CCOCC2)cc1. The van der Waals surface area contributed by atoms with Gasteiger partial charge in [-0.15, -0.1) is 10.2 Å². The Morgan fingerprint density at radius 2 is 1.74 bits per heavy atom. The van der Waals surface area contributed by atoms with E-state index >= 15 is 0 Å². The molecule has 1 aliphatic rings. The lowest BCUT2D eigenvalue weighted by molar-refractivity contribution is -0.192. The van der Waals surface area contributed by atoms with Crippen LogP contribution in [0.2, 0.25) is 0 Å². The first-order valence-corrected chi connectivity index (χ1v) is 10.4. The molecule has 0 radical (unpaired) electrons. The number of rotatable bonds is 6. The predicted molar refractivity (Wildman–Crippen MR) is 118 cm³/mol. The van der Waals surface area contributed by atoms with Crippen molar-refractivity contribution >= 4 is 11.8 Å². The molecule has 3 heterocycles. The molecule has 0 amide bonds. The number of morpholine rings is 1. The second-order valence-electron chi connectivity index (χ2n) is 7.10. The quantitative estimate of drug-likeness (QED) is 0.554. The van der Waals surface area contributed by atoms with Crippen LogP contribution in [0.5, 0.6) is 0 Å². The molecule has 1 saturated heterocycles. The van der Waals surface area contributed by atoms with Crippen LogP contribution in [-0.2, 0) is 9.53 Å². The standard InChI is InChI=1S/C20H22N6O.C2HF3O2/c1-2-6-16(7-3-1)18-20(22-10-11-26-12-14-27-15-13-26)23-19(25-24-18)17-8-4-5-9-21-17;3-2(4,5)1(6)7/h1-9H,10-15H2,(H,22,23,25);(H,6,7). The van der Waals surface area contributed by atoms with Gasteiger partial charge >= 0.3 is 12.1 Å². The van der Waals surface area contributed by atoms with Gasteiger partial charge in [-0.2, -0.15) is 13.2 Å².